The third-order valence-electron chi connectivity index (χ3n) is 2.48. The normalized spacial score (nSPS) is 14.0. The minimum atomic E-state index is -0.129. The zero-order valence-corrected chi connectivity index (χ0v) is 8.61. The number of ether oxygens (including phenoxy) is 1. The van der Waals surface area contributed by atoms with Crippen molar-refractivity contribution in [2.75, 3.05) is 18.6 Å². The van der Waals surface area contributed by atoms with Gasteiger partial charge in [0, 0.05) is 6.92 Å². The maximum absolute atomic E-state index is 11.7. The summed E-state index contributed by atoms with van der Waals surface area (Å²) in [5.74, 6) is 0.328. The Kier molecular flexibility index (Phi) is 2.19. The van der Waals surface area contributed by atoms with Crippen LogP contribution in [0.1, 0.15) is 17.3 Å². The Morgan fingerprint density at radius 1 is 1.47 bits per heavy atom. The predicted octanol–water partition coefficient (Wildman–Crippen LogP) is 1.24. The first-order valence-corrected chi connectivity index (χ1v) is 4.63. The molecule has 0 radical (unpaired) electrons. The number of hydrogen-bond acceptors (Lipinski definition) is 3. The molecule has 0 aliphatic carbocycles. The van der Waals surface area contributed by atoms with Gasteiger partial charge in [0.05, 0.1) is 24.9 Å². The van der Waals surface area contributed by atoms with Gasteiger partial charge in [-0.05, 0) is 12.1 Å². The van der Waals surface area contributed by atoms with Crippen LogP contribution in [0.4, 0.5) is 5.69 Å². The number of benzene rings is 1. The molecule has 0 bridgehead atoms. The third-order valence-corrected chi connectivity index (χ3v) is 2.48. The van der Waals surface area contributed by atoms with Crippen LogP contribution in [0.15, 0.2) is 18.2 Å². The average Bonchev–Trinajstić information content (AvgIpc) is 2.56. The summed E-state index contributed by atoms with van der Waals surface area (Å²) in [6, 6.07) is 5.25. The van der Waals surface area contributed by atoms with Crippen LogP contribution in [0.25, 0.3) is 0 Å². The van der Waals surface area contributed by atoms with Gasteiger partial charge in [0.15, 0.2) is 5.78 Å². The Morgan fingerprint density at radius 2 is 2.20 bits per heavy atom. The predicted molar refractivity (Wildman–Crippen MR) is 55.4 cm³/mol. The van der Waals surface area contributed by atoms with Crippen LogP contribution in [0.2, 0.25) is 0 Å². The average molecular weight is 205 g/mol. The molecule has 2 rings (SSSR count). The lowest BCUT2D eigenvalue weighted by atomic mass is 10.1. The van der Waals surface area contributed by atoms with E-state index in [9.17, 15) is 9.59 Å². The number of rotatable bonds is 1. The molecule has 0 unspecified atom stereocenters. The van der Waals surface area contributed by atoms with Crippen LogP contribution >= 0.6 is 0 Å². The van der Waals surface area contributed by atoms with Crippen molar-refractivity contribution in [1.82, 2.24) is 0 Å². The van der Waals surface area contributed by atoms with E-state index in [2.05, 4.69) is 0 Å². The van der Waals surface area contributed by atoms with E-state index in [4.69, 9.17) is 4.74 Å². The van der Waals surface area contributed by atoms with Gasteiger partial charge in [-0.1, -0.05) is 6.07 Å². The molecule has 0 aromatic heterocycles. The number of fused-ring (bicyclic) bond motifs is 1. The van der Waals surface area contributed by atoms with Gasteiger partial charge in [-0.2, -0.15) is 0 Å². The number of amides is 1. The van der Waals surface area contributed by atoms with Gasteiger partial charge in [0.2, 0.25) is 5.91 Å². The molecule has 1 amide bonds. The summed E-state index contributed by atoms with van der Waals surface area (Å²) in [5.41, 5.74) is 1.15. The fraction of sp³-hybridized carbons (Fsp3) is 0.273. The van der Waals surface area contributed by atoms with Crippen molar-refractivity contribution in [3.05, 3.63) is 23.8 Å². The number of carbonyl (C=O) groups is 2. The lowest BCUT2D eigenvalue weighted by Gasteiger charge is -2.13. The Morgan fingerprint density at radius 3 is 2.80 bits per heavy atom. The zero-order valence-electron chi connectivity index (χ0n) is 8.61. The van der Waals surface area contributed by atoms with Crippen molar-refractivity contribution in [3.8, 4) is 5.75 Å². The highest BCUT2D eigenvalue weighted by Crippen LogP contribution is 2.34. The van der Waals surface area contributed by atoms with E-state index in [1.165, 1.54) is 18.9 Å². The molecule has 0 fully saturated rings. The van der Waals surface area contributed by atoms with E-state index < -0.39 is 0 Å². The monoisotopic (exact) mass is 205 g/mol. The molecule has 0 spiro atoms. The molecule has 1 aromatic carbocycles. The second-order valence-electron chi connectivity index (χ2n) is 3.38. The highest BCUT2D eigenvalue weighted by atomic mass is 16.5. The molecule has 1 aliphatic rings. The van der Waals surface area contributed by atoms with Gasteiger partial charge in [-0.25, -0.2) is 0 Å². The summed E-state index contributed by atoms with van der Waals surface area (Å²) in [6.45, 7) is 1.56. The lowest BCUT2D eigenvalue weighted by Crippen LogP contribution is -2.27. The SMILES string of the molecule is COc1cccc2c1C(=O)CN2C(C)=O. The maximum atomic E-state index is 11.7. The van der Waals surface area contributed by atoms with E-state index in [-0.39, 0.29) is 18.2 Å². The van der Waals surface area contributed by atoms with Crippen LogP contribution < -0.4 is 9.64 Å². The molecular weight excluding hydrogens is 194 g/mol. The van der Waals surface area contributed by atoms with Gasteiger partial charge in [-0.15, -0.1) is 0 Å². The van der Waals surface area contributed by atoms with Crippen LogP contribution in [0.5, 0.6) is 5.75 Å². The van der Waals surface area contributed by atoms with Gasteiger partial charge in [0.1, 0.15) is 5.75 Å². The summed E-state index contributed by atoms with van der Waals surface area (Å²) in [7, 11) is 1.51. The Labute approximate surface area is 87.4 Å². The standard InChI is InChI=1S/C11H11NO3/c1-7(13)12-6-9(14)11-8(12)4-3-5-10(11)15-2/h3-5H,6H2,1-2H3. The van der Waals surface area contributed by atoms with Crippen molar-refractivity contribution < 1.29 is 14.3 Å². The number of methoxy groups -OCH3 is 1. The van der Waals surface area contributed by atoms with Crippen molar-refractivity contribution >= 4 is 17.4 Å². The first kappa shape index (κ1) is 9.71. The van der Waals surface area contributed by atoms with Crippen molar-refractivity contribution in [1.29, 1.82) is 0 Å². The number of nitrogens with zero attached hydrogens (tertiary/aromatic N) is 1. The molecule has 0 atom stereocenters. The molecular formula is C11H11NO3. The fourth-order valence-electron chi connectivity index (χ4n) is 1.78. The largest absolute Gasteiger partial charge is 0.496 e. The van der Waals surface area contributed by atoms with Crippen molar-refractivity contribution in [3.63, 3.8) is 0 Å². The smallest absolute Gasteiger partial charge is 0.224 e. The number of ketones is 1. The minimum absolute atomic E-state index is 0.0716. The third kappa shape index (κ3) is 1.38. The highest BCUT2D eigenvalue weighted by Gasteiger charge is 2.31. The topological polar surface area (TPSA) is 46.6 Å². The molecule has 0 N–H and O–H groups in total. The maximum Gasteiger partial charge on any atom is 0.224 e. The van der Waals surface area contributed by atoms with Crippen molar-refractivity contribution in [2.24, 2.45) is 0 Å². The van der Waals surface area contributed by atoms with Gasteiger partial charge in [-0.3, -0.25) is 9.59 Å². The molecule has 4 heteroatoms. The number of Topliss-reactive ketones (excluding diaryl/α,β-unsaturated/α-hetero) is 1. The van der Waals surface area contributed by atoms with E-state index in [1.807, 2.05) is 0 Å². The van der Waals surface area contributed by atoms with E-state index in [0.29, 0.717) is 17.0 Å². The number of anilines is 1. The summed E-state index contributed by atoms with van der Waals surface area (Å²) in [4.78, 5) is 24.4. The van der Waals surface area contributed by atoms with Gasteiger partial charge in [0.25, 0.3) is 0 Å². The quantitative estimate of drug-likeness (QED) is 0.693. The Bertz CT molecular complexity index is 439. The molecule has 1 heterocycles. The zero-order chi connectivity index (χ0) is 11.0. The van der Waals surface area contributed by atoms with Gasteiger partial charge < -0.3 is 9.64 Å². The molecule has 4 nitrogen and oxygen atoms in total. The van der Waals surface area contributed by atoms with E-state index in [1.54, 1.807) is 18.2 Å². The molecule has 1 aromatic rings. The van der Waals surface area contributed by atoms with Crippen LogP contribution in [-0.2, 0) is 4.79 Å². The first-order valence-electron chi connectivity index (χ1n) is 4.63. The number of carbonyl (C=O) groups excluding carboxylic acids is 2. The second-order valence-corrected chi connectivity index (χ2v) is 3.38. The Balaban J connectivity index is 2.58. The second kappa shape index (κ2) is 3.38. The molecule has 1 aliphatic heterocycles. The van der Waals surface area contributed by atoms with Crippen LogP contribution in [-0.4, -0.2) is 25.3 Å². The lowest BCUT2D eigenvalue weighted by molar-refractivity contribution is -0.116. The summed E-state index contributed by atoms with van der Waals surface area (Å²) in [6.07, 6.45) is 0. The fourth-order valence-corrected chi connectivity index (χ4v) is 1.78. The van der Waals surface area contributed by atoms with Crippen LogP contribution in [0, 0.1) is 0 Å². The molecule has 15 heavy (non-hydrogen) atoms. The highest BCUT2D eigenvalue weighted by molar-refractivity contribution is 6.16. The van der Waals surface area contributed by atoms with E-state index in [0.717, 1.165) is 0 Å². The summed E-state index contributed by atoms with van der Waals surface area (Å²) < 4.78 is 5.10. The van der Waals surface area contributed by atoms with Crippen molar-refractivity contribution in [2.45, 2.75) is 6.92 Å². The van der Waals surface area contributed by atoms with Gasteiger partial charge >= 0.3 is 0 Å². The summed E-state index contributed by atoms with van der Waals surface area (Å²) in [5, 5.41) is 0. The van der Waals surface area contributed by atoms with Crippen LogP contribution in [0.3, 0.4) is 0 Å². The molecule has 0 saturated heterocycles. The first-order chi connectivity index (χ1) is 7.15. The molecule has 78 valence electrons. The Hall–Kier alpha value is -1.84. The molecule has 0 saturated carbocycles. The number of hydrogen-bond donors (Lipinski definition) is 0. The summed E-state index contributed by atoms with van der Waals surface area (Å²) >= 11 is 0. The van der Waals surface area contributed by atoms with E-state index >= 15 is 0 Å². The minimum Gasteiger partial charge on any atom is -0.496 e.